The van der Waals surface area contributed by atoms with Crippen molar-refractivity contribution < 1.29 is 9.13 Å². The van der Waals surface area contributed by atoms with E-state index in [1.165, 1.54) is 12.1 Å². The monoisotopic (exact) mass is 433 g/mol. The van der Waals surface area contributed by atoms with Crippen molar-refractivity contribution in [3.63, 3.8) is 0 Å². The molecule has 0 aromatic heterocycles. The van der Waals surface area contributed by atoms with Gasteiger partial charge < -0.3 is 4.74 Å². The molecule has 0 fully saturated rings. The Morgan fingerprint density at radius 1 is 0.786 bits per heavy atom. The summed E-state index contributed by atoms with van der Waals surface area (Å²) in [6, 6.07) is 27.0. The molecular formula is C24H17BrFNO. The first-order valence-corrected chi connectivity index (χ1v) is 9.93. The molecule has 0 saturated carbocycles. The Balaban J connectivity index is 1.67. The maximum atomic E-state index is 13.5. The lowest BCUT2D eigenvalue weighted by atomic mass is 9.91. The highest BCUT2D eigenvalue weighted by atomic mass is 79.9. The topological polar surface area (TPSA) is 21.3 Å². The minimum absolute atomic E-state index is 0.107. The Kier molecular flexibility index (Phi) is 4.38. The third kappa shape index (κ3) is 3.09. The number of nitrogens with one attached hydrogen (secondary N) is 1. The normalized spacial score (nSPS) is 18.5. The van der Waals surface area contributed by atoms with Crippen LogP contribution in [-0.2, 0) is 0 Å². The van der Waals surface area contributed by atoms with E-state index in [0.717, 1.165) is 37.7 Å². The summed E-state index contributed by atoms with van der Waals surface area (Å²) < 4.78 is 20.9. The molecule has 4 heteroatoms. The second kappa shape index (κ2) is 7.04. The Morgan fingerprint density at radius 3 is 2.29 bits per heavy atom. The summed E-state index contributed by atoms with van der Waals surface area (Å²) in [5.41, 5.74) is 3.12. The van der Waals surface area contributed by atoms with Gasteiger partial charge in [0.15, 0.2) is 6.23 Å². The minimum Gasteiger partial charge on any atom is -0.471 e. The van der Waals surface area contributed by atoms with Gasteiger partial charge in [-0.15, -0.1) is 0 Å². The number of ether oxygens (including phenoxy) is 1. The van der Waals surface area contributed by atoms with Gasteiger partial charge in [-0.05, 0) is 46.7 Å². The van der Waals surface area contributed by atoms with Gasteiger partial charge in [0, 0.05) is 15.6 Å². The largest absolute Gasteiger partial charge is 0.471 e. The summed E-state index contributed by atoms with van der Waals surface area (Å²) in [6.07, 6.45) is -0.295. The van der Waals surface area contributed by atoms with Crippen molar-refractivity contribution in [1.82, 2.24) is 5.32 Å². The van der Waals surface area contributed by atoms with E-state index in [1.54, 1.807) is 0 Å². The standard InChI is InChI=1S/C24H17BrFNO/c25-18-10-5-17(6-11-18)24-27-23(16-7-12-19(26)13-8-16)22-20-4-2-1-3-15(20)9-14-21(22)28-24/h1-14,23-24,27H/t23-,24+/m0/s1. The van der Waals surface area contributed by atoms with Gasteiger partial charge in [0.05, 0.1) is 6.04 Å². The fourth-order valence-corrected chi connectivity index (χ4v) is 4.06. The average molecular weight is 434 g/mol. The minimum atomic E-state index is -0.295. The molecule has 1 aliphatic rings. The third-order valence-corrected chi connectivity index (χ3v) is 5.69. The van der Waals surface area contributed by atoms with Gasteiger partial charge in [-0.1, -0.05) is 70.5 Å². The molecule has 2 atom stereocenters. The first kappa shape index (κ1) is 17.4. The molecule has 28 heavy (non-hydrogen) atoms. The highest BCUT2D eigenvalue weighted by molar-refractivity contribution is 9.10. The SMILES string of the molecule is Fc1ccc([C@@H]2N[C@@H](c3ccc(Br)cc3)Oc3ccc4ccccc4c32)cc1. The molecule has 138 valence electrons. The molecule has 0 amide bonds. The molecule has 0 aliphatic carbocycles. The van der Waals surface area contributed by atoms with E-state index in [1.807, 2.05) is 54.6 Å². The zero-order valence-corrected chi connectivity index (χ0v) is 16.5. The summed E-state index contributed by atoms with van der Waals surface area (Å²) in [6.45, 7) is 0. The van der Waals surface area contributed by atoms with Gasteiger partial charge in [-0.3, -0.25) is 5.32 Å². The molecule has 2 nitrogen and oxygen atoms in total. The van der Waals surface area contributed by atoms with Crippen LogP contribution >= 0.6 is 15.9 Å². The van der Waals surface area contributed by atoms with Crippen molar-refractivity contribution in [2.45, 2.75) is 12.3 Å². The number of halogens is 2. The molecule has 1 heterocycles. The zero-order chi connectivity index (χ0) is 19.1. The lowest BCUT2D eigenvalue weighted by Gasteiger charge is -2.35. The van der Waals surface area contributed by atoms with Crippen LogP contribution in [0, 0.1) is 5.82 Å². The van der Waals surface area contributed by atoms with Crippen molar-refractivity contribution in [3.05, 3.63) is 112 Å². The van der Waals surface area contributed by atoms with Crippen molar-refractivity contribution in [1.29, 1.82) is 0 Å². The van der Waals surface area contributed by atoms with Crippen LogP contribution in [0.5, 0.6) is 5.75 Å². The highest BCUT2D eigenvalue weighted by Crippen LogP contribution is 2.42. The maximum Gasteiger partial charge on any atom is 0.177 e. The number of rotatable bonds is 2. The van der Waals surface area contributed by atoms with Crippen LogP contribution in [0.15, 0.2) is 89.4 Å². The van der Waals surface area contributed by atoms with Gasteiger partial charge in [-0.25, -0.2) is 4.39 Å². The molecule has 0 radical (unpaired) electrons. The summed E-state index contributed by atoms with van der Waals surface area (Å²) in [4.78, 5) is 0. The van der Waals surface area contributed by atoms with Crippen LogP contribution in [0.25, 0.3) is 10.8 Å². The molecule has 1 N–H and O–H groups in total. The van der Waals surface area contributed by atoms with Crippen LogP contribution in [0.2, 0.25) is 0 Å². The quantitative estimate of drug-likeness (QED) is 0.388. The van der Waals surface area contributed by atoms with Gasteiger partial charge in [0.2, 0.25) is 0 Å². The van der Waals surface area contributed by atoms with Crippen molar-refractivity contribution in [2.75, 3.05) is 0 Å². The second-order valence-electron chi connectivity index (χ2n) is 6.90. The van der Waals surface area contributed by atoms with Crippen LogP contribution in [0.4, 0.5) is 4.39 Å². The van der Waals surface area contributed by atoms with Gasteiger partial charge >= 0.3 is 0 Å². The molecule has 4 aromatic rings. The Labute approximate surface area is 171 Å². The summed E-state index contributed by atoms with van der Waals surface area (Å²) >= 11 is 3.48. The van der Waals surface area contributed by atoms with Crippen LogP contribution < -0.4 is 10.1 Å². The Morgan fingerprint density at radius 2 is 1.50 bits per heavy atom. The van der Waals surface area contributed by atoms with Gasteiger partial charge in [0.1, 0.15) is 11.6 Å². The molecule has 4 aromatic carbocycles. The number of fused-ring (bicyclic) bond motifs is 3. The van der Waals surface area contributed by atoms with E-state index in [0.29, 0.717) is 0 Å². The lowest BCUT2D eigenvalue weighted by Crippen LogP contribution is -2.35. The lowest BCUT2D eigenvalue weighted by molar-refractivity contribution is 0.133. The van der Waals surface area contributed by atoms with Crippen LogP contribution in [0.1, 0.15) is 29.0 Å². The Hall–Kier alpha value is -2.69. The number of benzene rings is 4. The van der Waals surface area contributed by atoms with Gasteiger partial charge in [0.25, 0.3) is 0 Å². The van der Waals surface area contributed by atoms with E-state index in [-0.39, 0.29) is 18.1 Å². The second-order valence-corrected chi connectivity index (χ2v) is 7.81. The predicted octanol–water partition coefficient (Wildman–Crippen LogP) is 6.51. The number of hydrogen-bond acceptors (Lipinski definition) is 2. The zero-order valence-electron chi connectivity index (χ0n) is 14.9. The van der Waals surface area contributed by atoms with Crippen molar-refractivity contribution in [2.24, 2.45) is 0 Å². The van der Waals surface area contributed by atoms with E-state index in [9.17, 15) is 4.39 Å². The van der Waals surface area contributed by atoms with E-state index < -0.39 is 0 Å². The molecular weight excluding hydrogens is 417 g/mol. The fraction of sp³-hybridized carbons (Fsp3) is 0.0833. The summed E-state index contributed by atoms with van der Waals surface area (Å²) in [5, 5.41) is 5.90. The van der Waals surface area contributed by atoms with Crippen molar-refractivity contribution in [3.8, 4) is 5.75 Å². The molecule has 1 aliphatic heterocycles. The fourth-order valence-electron chi connectivity index (χ4n) is 3.79. The first-order valence-electron chi connectivity index (χ1n) is 9.14. The van der Waals surface area contributed by atoms with Gasteiger partial charge in [-0.2, -0.15) is 0 Å². The molecule has 0 unspecified atom stereocenters. The maximum absolute atomic E-state index is 13.5. The average Bonchev–Trinajstić information content (AvgIpc) is 2.74. The predicted molar refractivity (Wildman–Crippen MR) is 113 cm³/mol. The summed E-state index contributed by atoms with van der Waals surface area (Å²) in [7, 11) is 0. The van der Waals surface area contributed by atoms with E-state index in [4.69, 9.17) is 4.74 Å². The third-order valence-electron chi connectivity index (χ3n) is 5.16. The smallest absolute Gasteiger partial charge is 0.177 e. The number of hydrogen-bond donors (Lipinski definition) is 1. The van der Waals surface area contributed by atoms with Crippen LogP contribution in [0.3, 0.4) is 0 Å². The highest BCUT2D eigenvalue weighted by Gasteiger charge is 2.31. The Bertz CT molecular complexity index is 1140. The molecule has 5 rings (SSSR count). The first-order chi connectivity index (χ1) is 13.7. The molecule has 0 spiro atoms. The van der Waals surface area contributed by atoms with Crippen molar-refractivity contribution >= 4 is 26.7 Å². The van der Waals surface area contributed by atoms with E-state index >= 15 is 0 Å². The summed E-state index contributed by atoms with van der Waals surface area (Å²) in [5.74, 6) is 0.609. The van der Waals surface area contributed by atoms with Crippen LogP contribution in [-0.4, -0.2) is 0 Å². The van der Waals surface area contributed by atoms with E-state index in [2.05, 4.69) is 39.4 Å². The molecule has 0 bridgehead atoms. The molecule has 0 saturated heterocycles.